The highest BCUT2D eigenvalue weighted by Crippen LogP contribution is 2.29. The summed E-state index contributed by atoms with van der Waals surface area (Å²) in [4.78, 5) is 16.7. The number of hydrogen-bond donors (Lipinski definition) is 1. The zero-order valence-electron chi connectivity index (χ0n) is 9.72. The van der Waals surface area contributed by atoms with E-state index in [2.05, 4.69) is 4.98 Å². The maximum Gasteiger partial charge on any atom is 0.349 e. The van der Waals surface area contributed by atoms with E-state index in [-0.39, 0.29) is 10.0 Å². The largest absolute Gasteiger partial charge is 0.477 e. The number of halogens is 1. The van der Waals surface area contributed by atoms with Crippen molar-refractivity contribution in [1.29, 1.82) is 5.26 Å². The summed E-state index contributed by atoms with van der Waals surface area (Å²) >= 11 is 6.74. The van der Waals surface area contributed by atoms with Crippen molar-refractivity contribution in [1.82, 2.24) is 4.98 Å². The van der Waals surface area contributed by atoms with Gasteiger partial charge in [-0.1, -0.05) is 22.9 Å². The lowest BCUT2D eigenvalue weighted by Gasteiger charge is -2.19. The van der Waals surface area contributed by atoms with Crippen LogP contribution in [0.5, 0.6) is 0 Å². The number of rotatable bonds is 7. The topological polar surface area (TPSA) is 86.5 Å². The maximum absolute atomic E-state index is 10.9. The number of methoxy groups -OCH3 is 1. The molecule has 0 aromatic carbocycles. The minimum Gasteiger partial charge on any atom is -0.477 e. The minimum atomic E-state index is -1.10. The van der Waals surface area contributed by atoms with Crippen molar-refractivity contribution in [3.8, 4) is 6.07 Å². The molecule has 0 unspecified atom stereocenters. The minimum absolute atomic E-state index is 0.00559. The number of carboxylic acid groups (broad SMARTS) is 1. The Labute approximate surface area is 113 Å². The smallest absolute Gasteiger partial charge is 0.349 e. The number of hydrogen-bond acceptors (Lipinski definition) is 6. The van der Waals surface area contributed by atoms with Crippen LogP contribution in [0, 0.1) is 11.3 Å². The number of ether oxygens (including phenoxy) is 1. The van der Waals surface area contributed by atoms with Crippen molar-refractivity contribution in [2.45, 2.75) is 6.42 Å². The van der Waals surface area contributed by atoms with E-state index < -0.39 is 5.97 Å². The Morgan fingerprint density at radius 2 is 2.39 bits per heavy atom. The van der Waals surface area contributed by atoms with E-state index in [1.165, 1.54) is 0 Å². The van der Waals surface area contributed by atoms with Gasteiger partial charge in [-0.3, -0.25) is 0 Å². The second-order valence-electron chi connectivity index (χ2n) is 3.31. The number of aromatic carboxylic acids is 1. The summed E-state index contributed by atoms with van der Waals surface area (Å²) in [6.07, 6.45) is 0.323. The van der Waals surface area contributed by atoms with Crippen LogP contribution >= 0.6 is 22.9 Å². The zero-order chi connectivity index (χ0) is 13.5. The molecule has 0 fully saturated rings. The van der Waals surface area contributed by atoms with E-state index in [1.807, 2.05) is 6.07 Å². The fourth-order valence-corrected chi connectivity index (χ4v) is 2.42. The Morgan fingerprint density at radius 3 is 2.89 bits per heavy atom. The molecule has 1 heterocycles. The second-order valence-corrected chi connectivity index (χ2v) is 4.65. The van der Waals surface area contributed by atoms with E-state index in [9.17, 15) is 4.79 Å². The van der Waals surface area contributed by atoms with Gasteiger partial charge in [0.15, 0.2) is 15.2 Å². The molecule has 0 radical (unpaired) electrons. The second kappa shape index (κ2) is 7.16. The van der Waals surface area contributed by atoms with Crippen molar-refractivity contribution in [2.75, 3.05) is 31.7 Å². The van der Waals surface area contributed by atoms with Gasteiger partial charge in [0.05, 0.1) is 19.1 Å². The van der Waals surface area contributed by atoms with Crippen molar-refractivity contribution >= 4 is 34.0 Å². The standard InChI is InChI=1S/C10H12ClN3O3S/c1-17-6-5-14(4-2-3-12)10-13-8(11)7(18-10)9(15)16/h2,4-6H2,1H3,(H,15,16). The summed E-state index contributed by atoms with van der Waals surface area (Å²) in [5, 5.41) is 18.0. The highest BCUT2D eigenvalue weighted by atomic mass is 35.5. The van der Waals surface area contributed by atoms with Crippen LogP contribution in [0.3, 0.4) is 0 Å². The monoisotopic (exact) mass is 289 g/mol. The fourth-order valence-electron chi connectivity index (χ4n) is 1.25. The Balaban J connectivity index is 2.87. The van der Waals surface area contributed by atoms with Gasteiger partial charge in [-0.2, -0.15) is 5.26 Å². The average Bonchev–Trinajstić information content (AvgIpc) is 2.71. The quantitative estimate of drug-likeness (QED) is 0.824. The first-order valence-corrected chi connectivity index (χ1v) is 6.30. The lowest BCUT2D eigenvalue weighted by molar-refractivity contribution is 0.0702. The number of carboxylic acids is 1. The van der Waals surface area contributed by atoms with Gasteiger partial charge in [0.1, 0.15) is 0 Å². The van der Waals surface area contributed by atoms with Crippen molar-refractivity contribution in [2.24, 2.45) is 0 Å². The Hall–Kier alpha value is -1.36. The van der Waals surface area contributed by atoms with Gasteiger partial charge in [0.2, 0.25) is 0 Å². The molecule has 0 aliphatic rings. The molecule has 1 aromatic rings. The number of nitrogens with zero attached hydrogens (tertiary/aromatic N) is 3. The number of nitriles is 1. The van der Waals surface area contributed by atoms with Crippen LogP contribution in [0.1, 0.15) is 16.1 Å². The molecule has 18 heavy (non-hydrogen) atoms. The summed E-state index contributed by atoms with van der Waals surface area (Å²) in [6, 6.07) is 2.03. The van der Waals surface area contributed by atoms with Crippen LogP contribution < -0.4 is 4.90 Å². The van der Waals surface area contributed by atoms with Crippen LogP contribution in [-0.4, -0.2) is 42.9 Å². The van der Waals surface area contributed by atoms with Crippen LogP contribution in [0.15, 0.2) is 0 Å². The molecule has 1 rings (SSSR count). The van der Waals surface area contributed by atoms with Crippen LogP contribution in [0.2, 0.25) is 5.15 Å². The first kappa shape index (κ1) is 14.7. The van der Waals surface area contributed by atoms with Crippen molar-refractivity contribution < 1.29 is 14.6 Å². The molecule has 8 heteroatoms. The van der Waals surface area contributed by atoms with Gasteiger partial charge in [0.25, 0.3) is 0 Å². The van der Waals surface area contributed by atoms with Crippen LogP contribution in [-0.2, 0) is 4.74 Å². The molecular formula is C10H12ClN3O3S. The van der Waals surface area contributed by atoms with Gasteiger partial charge in [-0.15, -0.1) is 0 Å². The molecule has 0 atom stereocenters. The Morgan fingerprint density at radius 1 is 1.67 bits per heavy atom. The van der Waals surface area contributed by atoms with E-state index in [1.54, 1.807) is 12.0 Å². The van der Waals surface area contributed by atoms with E-state index >= 15 is 0 Å². The molecule has 0 saturated carbocycles. The molecular weight excluding hydrogens is 278 g/mol. The van der Waals surface area contributed by atoms with E-state index in [4.69, 9.17) is 26.7 Å². The Bertz CT molecular complexity index is 458. The summed E-state index contributed by atoms with van der Waals surface area (Å²) in [5.41, 5.74) is 0. The Kier molecular flexibility index (Phi) is 5.85. The van der Waals surface area contributed by atoms with Gasteiger partial charge >= 0.3 is 5.97 Å². The molecule has 1 N–H and O–H groups in total. The molecule has 0 saturated heterocycles. The maximum atomic E-state index is 10.9. The van der Waals surface area contributed by atoms with Crippen molar-refractivity contribution in [3.63, 3.8) is 0 Å². The fraction of sp³-hybridized carbons (Fsp3) is 0.500. The third-order valence-electron chi connectivity index (χ3n) is 2.10. The van der Waals surface area contributed by atoms with Crippen molar-refractivity contribution in [3.05, 3.63) is 10.0 Å². The molecule has 0 aliphatic carbocycles. The summed E-state index contributed by atoms with van der Waals surface area (Å²) in [7, 11) is 1.57. The first-order chi connectivity index (χ1) is 8.60. The lowest BCUT2D eigenvalue weighted by Crippen LogP contribution is -2.28. The zero-order valence-corrected chi connectivity index (χ0v) is 11.3. The third kappa shape index (κ3) is 3.84. The summed E-state index contributed by atoms with van der Waals surface area (Å²) in [5.74, 6) is -1.10. The summed E-state index contributed by atoms with van der Waals surface area (Å²) in [6.45, 7) is 1.45. The molecule has 0 aliphatic heterocycles. The predicted octanol–water partition coefficient (Wildman–Crippen LogP) is 1.86. The normalized spacial score (nSPS) is 10.1. The van der Waals surface area contributed by atoms with Crippen LogP contribution in [0.4, 0.5) is 5.13 Å². The lowest BCUT2D eigenvalue weighted by atomic mass is 10.4. The van der Waals surface area contributed by atoms with Gasteiger partial charge < -0.3 is 14.7 Å². The third-order valence-corrected chi connectivity index (χ3v) is 3.59. The van der Waals surface area contributed by atoms with Crippen LogP contribution in [0.25, 0.3) is 0 Å². The molecule has 6 nitrogen and oxygen atoms in total. The van der Waals surface area contributed by atoms with Gasteiger partial charge in [0, 0.05) is 20.2 Å². The number of aromatic nitrogens is 1. The average molecular weight is 290 g/mol. The van der Waals surface area contributed by atoms with E-state index in [0.717, 1.165) is 11.3 Å². The predicted molar refractivity (Wildman–Crippen MR) is 68.4 cm³/mol. The molecule has 0 amide bonds. The highest BCUT2D eigenvalue weighted by Gasteiger charge is 2.19. The SMILES string of the molecule is COCCN(CCC#N)c1nc(Cl)c(C(=O)O)s1. The first-order valence-electron chi connectivity index (χ1n) is 5.10. The van der Waals surface area contributed by atoms with E-state index in [0.29, 0.717) is 31.2 Å². The molecule has 0 spiro atoms. The molecule has 98 valence electrons. The molecule has 1 aromatic heterocycles. The number of anilines is 1. The number of thiazole rings is 1. The highest BCUT2D eigenvalue weighted by molar-refractivity contribution is 7.18. The van der Waals surface area contributed by atoms with Gasteiger partial charge in [-0.25, -0.2) is 9.78 Å². The molecule has 0 bridgehead atoms. The number of carbonyl (C=O) groups is 1. The summed E-state index contributed by atoms with van der Waals surface area (Å²) < 4.78 is 4.96. The van der Waals surface area contributed by atoms with Gasteiger partial charge in [-0.05, 0) is 0 Å².